The molecule has 0 bridgehead atoms. The van der Waals surface area contributed by atoms with Gasteiger partial charge < -0.3 is 0 Å². The van der Waals surface area contributed by atoms with Gasteiger partial charge in [0.05, 0.1) is 27.5 Å². The summed E-state index contributed by atoms with van der Waals surface area (Å²) in [7, 11) is -2.22. The fourth-order valence-corrected chi connectivity index (χ4v) is 4.66. The van der Waals surface area contributed by atoms with Gasteiger partial charge in [-0.1, -0.05) is 18.2 Å². The topological polar surface area (TPSA) is 69.8 Å². The van der Waals surface area contributed by atoms with Gasteiger partial charge in [-0.25, -0.2) is 21.8 Å². The molecule has 6 nitrogen and oxygen atoms in total. The number of hydrogen-bond acceptors (Lipinski definition) is 4. The first kappa shape index (κ1) is 16.9. The van der Waals surface area contributed by atoms with Crippen molar-refractivity contribution in [3.63, 3.8) is 0 Å². The van der Waals surface area contributed by atoms with Gasteiger partial charge in [-0.2, -0.15) is 5.10 Å². The second-order valence-corrected chi connectivity index (χ2v) is 8.25. The fourth-order valence-electron chi connectivity index (χ4n) is 2.77. The molecule has 132 valence electrons. The van der Waals surface area contributed by atoms with Crippen molar-refractivity contribution in [3.05, 3.63) is 65.3 Å². The number of fused-ring (bicyclic) bond motifs is 1. The molecule has 0 unspecified atom stereocenters. The van der Waals surface area contributed by atoms with Crippen molar-refractivity contribution in [1.82, 2.24) is 18.7 Å². The first-order chi connectivity index (χ1) is 12.4. The fraction of sp³-hybridized carbons (Fsp3) is 0.0588. The summed E-state index contributed by atoms with van der Waals surface area (Å²) in [6.45, 7) is 0. The van der Waals surface area contributed by atoms with Crippen LogP contribution in [0.3, 0.4) is 0 Å². The minimum atomic E-state index is -3.95. The first-order valence-corrected chi connectivity index (χ1v) is 9.78. The first-order valence-electron chi connectivity index (χ1n) is 7.54. The Labute approximate surface area is 157 Å². The van der Waals surface area contributed by atoms with Gasteiger partial charge in [0.25, 0.3) is 10.0 Å². The van der Waals surface area contributed by atoms with Crippen LogP contribution in [0.25, 0.3) is 22.3 Å². The zero-order valence-electron chi connectivity index (χ0n) is 13.5. The van der Waals surface area contributed by atoms with Crippen LogP contribution in [0, 0.1) is 5.82 Å². The highest BCUT2D eigenvalue weighted by Gasteiger charge is 2.26. The molecular weight excluding hydrogens is 423 g/mol. The Morgan fingerprint density at radius 3 is 2.54 bits per heavy atom. The Kier molecular flexibility index (Phi) is 3.92. The van der Waals surface area contributed by atoms with Crippen LogP contribution in [-0.4, -0.2) is 27.2 Å². The van der Waals surface area contributed by atoms with Gasteiger partial charge in [-0.15, -0.1) is 0 Å². The van der Waals surface area contributed by atoms with E-state index < -0.39 is 15.8 Å². The second kappa shape index (κ2) is 6.03. The standard InChI is InChI=1S/C17H12BrFN4O2S/c1-22-10-11(8-21-22)15-7-13-16(18)14(19)9-20-17(13)23(15)26(24,25)12-5-3-2-4-6-12/h2-10H,1H3. The lowest BCUT2D eigenvalue weighted by Gasteiger charge is -2.10. The van der Waals surface area contributed by atoms with E-state index in [4.69, 9.17) is 0 Å². The van der Waals surface area contributed by atoms with Crippen LogP contribution in [0.5, 0.6) is 0 Å². The molecule has 0 saturated heterocycles. The summed E-state index contributed by atoms with van der Waals surface area (Å²) in [6.07, 6.45) is 4.24. The van der Waals surface area contributed by atoms with Crippen LogP contribution in [0.4, 0.5) is 4.39 Å². The third-order valence-corrected chi connectivity index (χ3v) is 6.49. The molecule has 9 heteroatoms. The minimum Gasteiger partial charge on any atom is -0.275 e. The summed E-state index contributed by atoms with van der Waals surface area (Å²) in [5.74, 6) is -0.565. The largest absolute Gasteiger partial charge is 0.275 e. The van der Waals surface area contributed by atoms with Crippen molar-refractivity contribution >= 4 is 37.0 Å². The molecule has 0 aliphatic rings. The van der Waals surface area contributed by atoms with E-state index in [2.05, 4.69) is 26.0 Å². The number of halogens is 2. The molecule has 0 saturated carbocycles. The summed E-state index contributed by atoms with van der Waals surface area (Å²) in [5.41, 5.74) is 1.08. The molecule has 3 aromatic heterocycles. The van der Waals surface area contributed by atoms with E-state index in [0.29, 0.717) is 16.6 Å². The van der Waals surface area contributed by atoms with Gasteiger partial charge in [0.15, 0.2) is 11.5 Å². The van der Waals surface area contributed by atoms with E-state index in [0.717, 1.165) is 10.2 Å². The normalized spacial score (nSPS) is 12.0. The molecule has 0 atom stereocenters. The van der Waals surface area contributed by atoms with Crippen molar-refractivity contribution in [2.24, 2.45) is 7.05 Å². The average Bonchev–Trinajstić information content (AvgIpc) is 3.23. The monoisotopic (exact) mass is 434 g/mol. The molecule has 0 aliphatic heterocycles. The van der Waals surface area contributed by atoms with E-state index in [-0.39, 0.29) is 15.0 Å². The third-order valence-electron chi connectivity index (χ3n) is 3.96. The lowest BCUT2D eigenvalue weighted by Crippen LogP contribution is -2.14. The third kappa shape index (κ3) is 2.55. The minimum absolute atomic E-state index is 0.116. The van der Waals surface area contributed by atoms with Gasteiger partial charge in [0, 0.05) is 24.2 Å². The maximum atomic E-state index is 13.9. The van der Waals surface area contributed by atoms with Crippen LogP contribution in [0.1, 0.15) is 0 Å². The zero-order chi connectivity index (χ0) is 18.5. The molecule has 4 rings (SSSR count). The molecule has 0 radical (unpaired) electrons. The zero-order valence-corrected chi connectivity index (χ0v) is 15.9. The number of aromatic nitrogens is 4. The predicted octanol–water partition coefficient (Wildman–Crippen LogP) is 3.58. The SMILES string of the molecule is Cn1cc(-c2cc3c(Br)c(F)cnc3n2S(=O)(=O)c2ccccc2)cn1. The van der Waals surface area contributed by atoms with Crippen LogP contribution >= 0.6 is 15.9 Å². The highest BCUT2D eigenvalue weighted by atomic mass is 79.9. The number of rotatable bonds is 3. The maximum Gasteiger partial charge on any atom is 0.269 e. The quantitative estimate of drug-likeness (QED) is 0.494. The van der Waals surface area contributed by atoms with E-state index in [1.165, 1.54) is 12.1 Å². The number of pyridine rings is 1. The number of benzene rings is 1. The van der Waals surface area contributed by atoms with Crippen molar-refractivity contribution in [2.75, 3.05) is 0 Å². The molecule has 26 heavy (non-hydrogen) atoms. The second-order valence-electron chi connectivity index (χ2n) is 5.67. The molecule has 0 fully saturated rings. The van der Waals surface area contributed by atoms with E-state index in [1.807, 2.05) is 0 Å². The van der Waals surface area contributed by atoms with Crippen LogP contribution < -0.4 is 0 Å². The molecule has 0 N–H and O–H groups in total. The van der Waals surface area contributed by atoms with Gasteiger partial charge in [-0.3, -0.25) is 4.68 Å². The molecule has 1 aromatic carbocycles. The molecule has 0 spiro atoms. The lowest BCUT2D eigenvalue weighted by atomic mass is 10.2. The summed E-state index contributed by atoms with van der Waals surface area (Å²) >= 11 is 3.19. The average molecular weight is 435 g/mol. The molecule has 0 amide bonds. The number of hydrogen-bond donors (Lipinski definition) is 0. The van der Waals surface area contributed by atoms with Gasteiger partial charge in [0.1, 0.15) is 0 Å². The Morgan fingerprint density at radius 2 is 1.88 bits per heavy atom. The molecule has 0 aliphatic carbocycles. The number of aryl methyl sites for hydroxylation is 1. The molecule has 4 aromatic rings. The summed E-state index contributed by atoms with van der Waals surface area (Å²) in [5, 5.41) is 4.47. The number of nitrogens with zero attached hydrogens (tertiary/aromatic N) is 4. The highest BCUT2D eigenvalue weighted by Crippen LogP contribution is 2.35. The van der Waals surface area contributed by atoms with E-state index in [1.54, 1.807) is 48.4 Å². The molecule has 3 heterocycles. The van der Waals surface area contributed by atoms with Crippen molar-refractivity contribution in [3.8, 4) is 11.3 Å². The lowest BCUT2D eigenvalue weighted by molar-refractivity contribution is 0.588. The Morgan fingerprint density at radius 1 is 1.15 bits per heavy atom. The predicted molar refractivity (Wildman–Crippen MR) is 98.6 cm³/mol. The smallest absolute Gasteiger partial charge is 0.269 e. The van der Waals surface area contributed by atoms with Crippen LogP contribution in [-0.2, 0) is 17.1 Å². The summed E-state index contributed by atoms with van der Waals surface area (Å²) in [4.78, 5) is 4.15. The van der Waals surface area contributed by atoms with E-state index in [9.17, 15) is 12.8 Å². The summed E-state index contributed by atoms with van der Waals surface area (Å²) < 4.78 is 43.4. The van der Waals surface area contributed by atoms with E-state index >= 15 is 0 Å². The van der Waals surface area contributed by atoms with Crippen molar-refractivity contribution < 1.29 is 12.8 Å². The van der Waals surface area contributed by atoms with Crippen molar-refractivity contribution in [1.29, 1.82) is 0 Å². The Balaban J connectivity index is 2.12. The van der Waals surface area contributed by atoms with Crippen LogP contribution in [0.15, 0.2) is 64.4 Å². The van der Waals surface area contributed by atoms with Crippen LogP contribution in [0.2, 0.25) is 0 Å². The Hall–Kier alpha value is -2.52. The van der Waals surface area contributed by atoms with Gasteiger partial charge in [-0.05, 0) is 34.1 Å². The molecular formula is C17H12BrFN4O2S. The van der Waals surface area contributed by atoms with Crippen molar-refractivity contribution in [2.45, 2.75) is 4.90 Å². The highest BCUT2D eigenvalue weighted by molar-refractivity contribution is 9.10. The summed E-state index contributed by atoms with van der Waals surface area (Å²) in [6, 6.07) is 9.63. The van der Waals surface area contributed by atoms with Gasteiger partial charge in [0.2, 0.25) is 0 Å². The Bertz CT molecular complexity index is 1230. The maximum absolute atomic E-state index is 13.9. The van der Waals surface area contributed by atoms with Gasteiger partial charge >= 0.3 is 0 Å².